The van der Waals surface area contributed by atoms with Crippen LogP contribution in [0.2, 0.25) is 0 Å². The predicted molar refractivity (Wildman–Crippen MR) is 51.8 cm³/mol. The SMILES string of the molecule is C=CCOC[P@@]1(=O)NCC[C@H](C)O1. The third-order valence-electron chi connectivity index (χ3n) is 1.75. The van der Waals surface area contributed by atoms with E-state index in [0.29, 0.717) is 6.61 Å². The van der Waals surface area contributed by atoms with Crippen LogP contribution in [0.4, 0.5) is 0 Å². The standard InChI is InChI=1S/C8H16NO3P/c1-3-6-11-7-13(10)9-5-4-8(2)12-13/h3,8H,1,4-7H2,2H3,(H,9,10)/t8-,13-/m0/s1. The highest BCUT2D eigenvalue weighted by atomic mass is 31.2. The zero-order chi connectivity index (χ0) is 9.73. The van der Waals surface area contributed by atoms with Crippen molar-refractivity contribution in [3.63, 3.8) is 0 Å². The van der Waals surface area contributed by atoms with Gasteiger partial charge in [-0.3, -0.25) is 4.57 Å². The molecule has 0 radical (unpaired) electrons. The summed E-state index contributed by atoms with van der Waals surface area (Å²) in [6.07, 6.45) is 2.70. The fourth-order valence-corrected chi connectivity index (χ4v) is 2.88. The summed E-state index contributed by atoms with van der Waals surface area (Å²) in [5.74, 6) is 0. The third kappa shape index (κ3) is 3.61. The molecule has 0 bridgehead atoms. The Morgan fingerprint density at radius 2 is 2.62 bits per heavy atom. The Kier molecular flexibility index (Phi) is 4.13. The van der Waals surface area contributed by atoms with E-state index in [1.807, 2.05) is 6.92 Å². The summed E-state index contributed by atoms with van der Waals surface area (Å²) in [7, 11) is -2.72. The van der Waals surface area contributed by atoms with Gasteiger partial charge in [-0.1, -0.05) is 6.08 Å². The summed E-state index contributed by atoms with van der Waals surface area (Å²) in [6, 6.07) is 0. The number of rotatable bonds is 4. The molecule has 2 atom stereocenters. The van der Waals surface area contributed by atoms with Crippen LogP contribution in [0.25, 0.3) is 0 Å². The Balaban J connectivity index is 2.35. The van der Waals surface area contributed by atoms with E-state index < -0.39 is 7.52 Å². The van der Waals surface area contributed by atoms with Gasteiger partial charge in [0.2, 0.25) is 0 Å². The largest absolute Gasteiger partial charge is 0.366 e. The molecule has 1 N–H and O–H groups in total. The monoisotopic (exact) mass is 205 g/mol. The quantitative estimate of drug-likeness (QED) is 0.431. The maximum absolute atomic E-state index is 11.8. The van der Waals surface area contributed by atoms with Crippen LogP contribution in [-0.2, 0) is 13.8 Å². The van der Waals surface area contributed by atoms with Gasteiger partial charge in [0, 0.05) is 6.54 Å². The summed E-state index contributed by atoms with van der Waals surface area (Å²) in [4.78, 5) is 0. The molecule has 0 aromatic heterocycles. The molecule has 0 amide bonds. The van der Waals surface area contributed by atoms with E-state index in [-0.39, 0.29) is 12.5 Å². The molecule has 13 heavy (non-hydrogen) atoms. The highest BCUT2D eigenvalue weighted by Crippen LogP contribution is 2.46. The highest BCUT2D eigenvalue weighted by Gasteiger charge is 2.29. The lowest BCUT2D eigenvalue weighted by Gasteiger charge is -2.28. The van der Waals surface area contributed by atoms with E-state index in [9.17, 15) is 4.57 Å². The van der Waals surface area contributed by atoms with Gasteiger partial charge < -0.3 is 9.26 Å². The highest BCUT2D eigenvalue weighted by molar-refractivity contribution is 7.56. The Hall–Kier alpha value is -0.150. The fraction of sp³-hybridized carbons (Fsp3) is 0.750. The first-order valence-corrected chi connectivity index (χ1v) is 6.18. The van der Waals surface area contributed by atoms with Crippen LogP contribution in [0, 0.1) is 0 Å². The molecular weight excluding hydrogens is 189 g/mol. The zero-order valence-electron chi connectivity index (χ0n) is 7.86. The lowest BCUT2D eigenvalue weighted by molar-refractivity contribution is 0.148. The van der Waals surface area contributed by atoms with Crippen molar-refractivity contribution in [2.24, 2.45) is 0 Å². The van der Waals surface area contributed by atoms with Gasteiger partial charge >= 0.3 is 0 Å². The number of ether oxygens (including phenoxy) is 1. The number of hydrogen-bond acceptors (Lipinski definition) is 3. The van der Waals surface area contributed by atoms with Crippen molar-refractivity contribution in [1.29, 1.82) is 0 Å². The minimum Gasteiger partial charge on any atom is -0.366 e. The smallest absolute Gasteiger partial charge is 0.295 e. The summed E-state index contributed by atoms with van der Waals surface area (Å²) in [5.41, 5.74) is 0. The van der Waals surface area contributed by atoms with Crippen LogP contribution in [0.1, 0.15) is 13.3 Å². The second-order valence-corrected chi connectivity index (χ2v) is 5.21. The van der Waals surface area contributed by atoms with Crippen LogP contribution >= 0.6 is 7.52 Å². The van der Waals surface area contributed by atoms with E-state index in [2.05, 4.69) is 11.7 Å². The molecule has 1 rings (SSSR count). The van der Waals surface area contributed by atoms with Crippen molar-refractivity contribution < 1.29 is 13.8 Å². The van der Waals surface area contributed by atoms with Crippen molar-refractivity contribution in [2.45, 2.75) is 19.4 Å². The van der Waals surface area contributed by atoms with Crippen LogP contribution in [0.3, 0.4) is 0 Å². The minimum absolute atomic E-state index is 0.0550. The van der Waals surface area contributed by atoms with Crippen LogP contribution < -0.4 is 5.09 Å². The van der Waals surface area contributed by atoms with Crippen molar-refractivity contribution in [1.82, 2.24) is 5.09 Å². The van der Waals surface area contributed by atoms with Gasteiger partial charge in [0.05, 0.1) is 12.7 Å². The van der Waals surface area contributed by atoms with Crippen LogP contribution in [-0.4, -0.2) is 25.6 Å². The average Bonchev–Trinajstić information content (AvgIpc) is 2.04. The first kappa shape index (κ1) is 10.9. The van der Waals surface area contributed by atoms with Gasteiger partial charge in [-0.2, -0.15) is 0 Å². The van der Waals surface area contributed by atoms with Gasteiger partial charge in [-0.25, -0.2) is 5.09 Å². The Morgan fingerprint density at radius 3 is 3.23 bits per heavy atom. The first-order valence-electron chi connectivity index (χ1n) is 4.37. The molecule has 0 aromatic rings. The molecule has 1 aliphatic heterocycles. The molecule has 1 heterocycles. The van der Waals surface area contributed by atoms with Crippen molar-refractivity contribution in [3.05, 3.63) is 12.7 Å². The molecule has 0 aromatic carbocycles. The average molecular weight is 205 g/mol. The fourth-order valence-electron chi connectivity index (χ4n) is 1.15. The van der Waals surface area contributed by atoms with E-state index in [1.165, 1.54) is 0 Å². The van der Waals surface area contributed by atoms with Crippen molar-refractivity contribution in [3.8, 4) is 0 Å². The van der Waals surface area contributed by atoms with Crippen LogP contribution in [0.5, 0.6) is 0 Å². The van der Waals surface area contributed by atoms with Gasteiger partial charge in [-0.15, -0.1) is 6.58 Å². The molecule has 5 heteroatoms. The van der Waals surface area contributed by atoms with Crippen LogP contribution in [0.15, 0.2) is 12.7 Å². The second-order valence-electron chi connectivity index (χ2n) is 3.07. The molecule has 76 valence electrons. The van der Waals surface area contributed by atoms with Crippen molar-refractivity contribution >= 4 is 7.52 Å². The Morgan fingerprint density at radius 1 is 1.85 bits per heavy atom. The maximum atomic E-state index is 11.8. The molecule has 0 aliphatic carbocycles. The Bertz CT molecular complexity index is 219. The van der Waals surface area contributed by atoms with Gasteiger partial charge in [0.25, 0.3) is 7.52 Å². The summed E-state index contributed by atoms with van der Waals surface area (Å²) in [5, 5.41) is 2.86. The molecule has 1 fully saturated rings. The van der Waals surface area contributed by atoms with E-state index in [4.69, 9.17) is 9.26 Å². The van der Waals surface area contributed by atoms with E-state index in [0.717, 1.165) is 13.0 Å². The number of hydrogen-bond donors (Lipinski definition) is 1. The molecule has 0 saturated carbocycles. The molecular formula is C8H16NO3P. The summed E-state index contributed by atoms with van der Waals surface area (Å²) < 4.78 is 22.2. The topological polar surface area (TPSA) is 47.6 Å². The van der Waals surface area contributed by atoms with Gasteiger partial charge in [0.1, 0.15) is 6.35 Å². The molecule has 1 saturated heterocycles. The molecule has 0 spiro atoms. The second kappa shape index (κ2) is 4.91. The van der Waals surface area contributed by atoms with Gasteiger partial charge in [0.15, 0.2) is 0 Å². The predicted octanol–water partition coefficient (Wildman–Crippen LogP) is 1.74. The molecule has 1 aliphatic rings. The molecule has 4 nitrogen and oxygen atoms in total. The number of nitrogens with one attached hydrogen (secondary N) is 1. The zero-order valence-corrected chi connectivity index (χ0v) is 8.76. The van der Waals surface area contributed by atoms with Crippen molar-refractivity contribution in [2.75, 3.05) is 19.5 Å². The van der Waals surface area contributed by atoms with E-state index in [1.54, 1.807) is 6.08 Å². The molecule has 0 unspecified atom stereocenters. The summed E-state index contributed by atoms with van der Waals surface area (Å²) >= 11 is 0. The first-order chi connectivity index (χ1) is 6.16. The lowest BCUT2D eigenvalue weighted by atomic mass is 10.3. The summed E-state index contributed by atoms with van der Waals surface area (Å²) in [6.45, 7) is 6.56. The maximum Gasteiger partial charge on any atom is 0.295 e. The Labute approximate surface area is 78.8 Å². The van der Waals surface area contributed by atoms with Gasteiger partial charge in [-0.05, 0) is 13.3 Å². The van der Waals surface area contributed by atoms with E-state index >= 15 is 0 Å². The normalized spacial score (nSPS) is 34.4. The minimum atomic E-state index is -2.72. The lowest BCUT2D eigenvalue weighted by Crippen LogP contribution is -2.29. The third-order valence-corrected chi connectivity index (χ3v) is 3.68.